The highest BCUT2D eigenvalue weighted by molar-refractivity contribution is 9.10. The van der Waals surface area contributed by atoms with Crippen molar-refractivity contribution in [2.75, 3.05) is 4.90 Å². The lowest BCUT2D eigenvalue weighted by Gasteiger charge is -2.26. The van der Waals surface area contributed by atoms with E-state index in [-0.39, 0.29) is 11.9 Å². The van der Waals surface area contributed by atoms with Gasteiger partial charge in [0.15, 0.2) is 5.69 Å². The molecule has 0 bridgehead atoms. The molecule has 0 spiro atoms. The minimum Gasteiger partial charge on any atom is -0.295 e. The van der Waals surface area contributed by atoms with Crippen molar-refractivity contribution in [3.05, 3.63) is 81.6 Å². The zero-order valence-electron chi connectivity index (χ0n) is 12.5. The molecule has 1 atom stereocenters. The Hall–Kier alpha value is -2.40. The number of nitrogens with zero attached hydrogens (tertiary/aromatic N) is 2. The SMILES string of the molecule is Cc1[nH]nc2c1[C@@H](c1ccccc1)N(c1ccc(Br)cc1)C2=O. The van der Waals surface area contributed by atoms with E-state index >= 15 is 0 Å². The Morgan fingerprint density at radius 2 is 1.78 bits per heavy atom. The fourth-order valence-electron chi connectivity index (χ4n) is 3.11. The molecular weight excluding hydrogens is 354 g/mol. The number of carbonyl (C=O) groups excluding carboxylic acids is 1. The van der Waals surface area contributed by atoms with E-state index in [1.54, 1.807) is 0 Å². The number of amides is 1. The number of aromatic amines is 1. The van der Waals surface area contributed by atoms with Crippen LogP contribution >= 0.6 is 15.9 Å². The van der Waals surface area contributed by atoms with Gasteiger partial charge in [0.1, 0.15) is 0 Å². The summed E-state index contributed by atoms with van der Waals surface area (Å²) in [7, 11) is 0. The summed E-state index contributed by atoms with van der Waals surface area (Å²) in [6, 6.07) is 17.7. The first kappa shape index (κ1) is 14.2. The van der Waals surface area contributed by atoms with Crippen molar-refractivity contribution in [2.45, 2.75) is 13.0 Å². The van der Waals surface area contributed by atoms with E-state index in [9.17, 15) is 4.79 Å². The fraction of sp³-hybridized carbons (Fsp3) is 0.111. The van der Waals surface area contributed by atoms with E-state index in [0.717, 1.165) is 27.0 Å². The van der Waals surface area contributed by atoms with Crippen LogP contribution in [0.4, 0.5) is 5.69 Å². The number of anilines is 1. The average molecular weight is 368 g/mol. The summed E-state index contributed by atoms with van der Waals surface area (Å²) in [5.74, 6) is -0.0690. The Labute approximate surface area is 142 Å². The topological polar surface area (TPSA) is 49.0 Å². The first-order chi connectivity index (χ1) is 11.2. The highest BCUT2D eigenvalue weighted by atomic mass is 79.9. The second-order valence-electron chi connectivity index (χ2n) is 5.58. The van der Waals surface area contributed by atoms with Crippen molar-refractivity contribution in [3.63, 3.8) is 0 Å². The normalized spacial score (nSPS) is 16.7. The average Bonchev–Trinajstić information content (AvgIpc) is 3.08. The third kappa shape index (κ3) is 2.19. The lowest BCUT2D eigenvalue weighted by molar-refractivity contribution is 0.0989. The van der Waals surface area contributed by atoms with E-state index in [4.69, 9.17) is 0 Å². The molecule has 1 aliphatic heterocycles. The number of aryl methyl sites for hydroxylation is 1. The van der Waals surface area contributed by atoms with Gasteiger partial charge in [0.2, 0.25) is 0 Å². The van der Waals surface area contributed by atoms with E-state index < -0.39 is 0 Å². The van der Waals surface area contributed by atoms with Crippen molar-refractivity contribution in [2.24, 2.45) is 0 Å². The summed E-state index contributed by atoms with van der Waals surface area (Å²) in [5.41, 5.74) is 4.35. The van der Waals surface area contributed by atoms with Gasteiger partial charge in [-0.15, -0.1) is 0 Å². The van der Waals surface area contributed by atoms with Gasteiger partial charge in [-0.25, -0.2) is 0 Å². The molecule has 0 fully saturated rings. The van der Waals surface area contributed by atoms with Crippen LogP contribution in [-0.4, -0.2) is 16.1 Å². The zero-order chi connectivity index (χ0) is 16.0. The fourth-order valence-corrected chi connectivity index (χ4v) is 3.38. The quantitative estimate of drug-likeness (QED) is 0.736. The molecule has 1 aliphatic rings. The minimum absolute atomic E-state index is 0.0690. The number of aromatic nitrogens is 2. The Bertz CT molecular complexity index is 871. The summed E-state index contributed by atoms with van der Waals surface area (Å²) in [6.45, 7) is 1.96. The summed E-state index contributed by atoms with van der Waals surface area (Å²) < 4.78 is 0.985. The molecule has 1 N–H and O–H groups in total. The molecule has 5 heteroatoms. The number of hydrogen-bond acceptors (Lipinski definition) is 2. The van der Waals surface area contributed by atoms with E-state index in [1.165, 1.54) is 0 Å². The zero-order valence-corrected chi connectivity index (χ0v) is 14.0. The number of nitrogens with one attached hydrogen (secondary N) is 1. The van der Waals surface area contributed by atoms with Crippen molar-refractivity contribution in [1.82, 2.24) is 10.2 Å². The maximum Gasteiger partial charge on any atom is 0.279 e. The molecule has 0 saturated heterocycles. The number of rotatable bonds is 2. The molecule has 2 heterocycles. The molecule has 0 aliphatic carbocycles. The van der Waals surface area contributed by atoms with Crippen LogP contribution in [0.25, 0.3) is 0 Å². The van der Waals surface area contributed by atoms with Gasteiger partial charge >= 0.3 is 0 Å². The largest absolute Gasteiger partial charge is 0.295 e. The Balaban J connectivity index is 1.91. The monoisotopic (exact) mass is 367 g/mol. The summed E-state index contributed by atoms with van der Waals surface area (Å²) in [5, 5.41) is 7.17. The van der Waals surface area contributed by atoms with Gasteiger partial charge in [0.25, 0.3) is 5.91 Å². The van der Waals surface area contributed by atoms with E-state index in [0.29, 0.717) is 5.69 Å². The second-order valence-corrected chi connectivity index (χ2v) is 6.49. The molecule has 4 nitrogen and oxygen atoms in total. The van der Waals surface area contributed by atoms with Crippen LogP contribution in [0.5, 0.6) is 0 Å². The maximum absolute atomic E-state index is 12.9. The van der Waals surface area contributed by atoms with Crippen LogP contribution in [0.2, 0.25) is 0 Å². The van der Waals surface area contributed by atoms with E-state index in [1.807, 2.05) is 66.4 Å². The first-order valence-electron chi connectivity index (χ1n) is 7.36. The number of carbonyl (C=O) groups is 1. The summed E-state index contributed by atoms with van der Waals surface area (Å²) in [6.07, 6.45) is 0. The number of fused-ring (bicyclic) bond motifs is 1. The van der Waals surface area contributed by atoms with Crippen LogP contribution in [0.15, 0.2) is 59.1 Å². The number of hydrogen-bond donors (Lipinski definition) is 1. The highest BCUT2D eigenvalue weighted by Gasteiger charge is 2.42. The third-order valence-corrected chi connectivity index (χ3v) is 4.70. The Kier molecular flexibility index (Phi) is 3.31. The summed E-state index contributed by atoms with van der Waals surface area (Å²) >= 11 is 3.44. The standard InChI is InChI=1S/C18H14BrN3O/c1-11-15-16(21-20-11)18(23)22(14-9-7-13(19)8-10-14)17(15)12-5-3-2-4-6-12/h2-10,17H,1H3,(H,20,21)/t17-/m1/s1. The number of benzene rings is 2. The molecule has 1 amide bonds. The maximum atomic E-state index is 12.9. The van der Waals surface area contributed by atoms with Crippen molar-refractivity contribution in [1.29, 1.82) is 0 Å². The number of halogens is 1. The van der Waals surface area contributed by atoms with Crippen LogP contribution in [-0.2, 0) is 0 Å². The molecule has 4 rings (SSSR count). The third-order valence-electron chi connectivity index (χ3n) is 4.17. The van der Waals surface area contributed by atoms with Crippen molar-refractivity contribution in [3.8, 4) is 0 Å². The van der Waals surface area contributed by atoms with E-state index in [2.05, 4.69) is 26.1 Å². The van der Waals surface area contributed by atoms with Crippen LogP contribution < -0.4 is 4.90 Å². The lowest BCUT2D eigenvalue weighted by atomic mass is 9.99. The molecule has 3 aromatic rings. The van der Waals surface area contributed by atoms with Crippen LogP contribution in [0.3, 0.4) is 0 Å². The smallest absolute Gasteiger partial charge is 0.279 e. The van der Waals surface area contributed by atoms with Gasteiger partial charge in [-0.05, 0) is 36.8 Å². The summed E-state index contributed by atoms with van der Waals surface area (Å²) in [4.78, 5) is 14.7. The lowest BCUT2D eigenvalue weighted by Crippen LogP contribution is -2.29. The van der Waals surface area contributed by atoms with Gasteiger partial charge in [0.05, 0.1) is 6.04 Å². The molecule has 1 aromatic heterocycles. The predicted molar refractivity (Wildman–Crippen MR) is 92.6 cm³/mol. The molecule has 0 radical (unpaired) electrons. The van der Waals surface area contributed by atoms with Gasteiger partial charge in [0, 0.05) is 21.4 Å². The molecule has 0 unspecified atom stereocenters. The second kappa shape index (κ2) is 5.35. The van der Waals surface area contributed by atoms with Crippen molar-refractivity contribution >= 4 is 27.5 Å². The Morgan fingerprint density at radius 3 is 2.48 bits per heavy atom. The minimum atomic E-state index is -0.154. The Morgan fingerprint density at radius 1 is 1.09 bits per heavy atom. The molecule has 2 aromatic carbocycles. The number of H-pyrrole nitrogens is 1. The molecule has 23 heavy (non-hydrogen) atoms. The van der Waals surface area contributed by atoms with Gasteiger partial charge in [-0.2, -0.15) is 5.10 Å². The van der Waals surface area contributed by atoms with Crippen molar-refractivity contribution < 1.29 is 4.79 Å². The predicted octanol–water partition coefficient (Wildman–Crippen LogP) is 4.23. The van der Waals surface area contributed by atoms with Gasteiger partial charge in [-0.1, -0.05) is 46.3 Å². The van der Waals surface area contributed by atoms with Crippen LogP contribution in [0.1, 0.15) is 33.4 Å². The highest BCUT2D eigenvalue weighted by Crippen LogP contribution is 2.42. The van der Waals surface area contributed by atoms with Gasteiger partial charge in [-0.3, -0.25) is 14.8 Å². The van der Waals surface area contributed by atoms with Gasteiger partial charge < -0.3 is 0 Å². The molecule has 114 valence electrons. The first-order valence-corrected chi connectivity index (χ1v) is 8.15. The molecule has 0 saturated carbocycles. The van der Waals surface area contributed by atoms with Crippen LogP contribution in [0, 0.1) is 6.92 Å². The molecular formula is C18H14BrN3O.